The predicted octanol–water partition coefficient (Wildman–Crippen LogP) is 3.37. The first kappa shape index (κ1) is 17.0. The van der Waals surface area contributed by atoms with E-state index in [9.17, 15) is 8.42 Å². The zero-order valence-electron chi connectivity index (χ0n) is 12.6. The van der Waals surface area contributed by atoms with Gasteiger partial charge < -0.3 is 5.32 Å². The molecule has 1 rings (SSSR count). The summed E-state index contributed by atoms with van der Waals surface area (Å²) in [5, 5.41) is 2.97. The van der Waals surface area contributed by atoms with Crippen molar-refractivity contribution < 1.29 is 8.42 Å². The van der Waals surface area contributed by atoms with Gasteiger partial charge in [0.2, 0.25) is 10.0 Å². The molecule has 0 saturated carbocycles. The lowest BCUT2D eigenvalue weighted by molar-refractivity contribution is 0.522. The monoisotopic (exact) mass is 298 g/mol. The molecule has 4 nitrogen and oxygen atoms in total. The molecule has 0 radical (unpaired) electrons. The molecule has 1 aromatic carbocycles. The van der Waals surface area contributed by atoms with Gasteiger partial charge in [-0.05, 0) is 37.6 Å². The number of unbranched alkanes of at least 4 members (excludes halogenated alkanes) is 3. The number of benzene rings is 1. The second kappa shape index (κ2) is 8.27. The smallest absolute Gasteiger partial charge is 0.240 e. The zero-order valence-corrected chi connectivity index (χ0v) is 13.5. The molecule has 5 heteroatoms. The van der Waals surface area contributed by atoms with Crippen molar-refractivity contribution in [3.05, 3.63) is 24.3 Å². The van der Waals surface area contributed by atoms with E-state index in [4.69, 9.17) is 0 Å². The van der Waals surface area contributed by atoms with Gasteiger partial charge in [0.15, 0.2) is 0 Å². The number of sulfonamides is 1. The van der Waals surface area contributed by atoms with Crippen molar-refractivity contribution >= 4 is 15.7 Å². The highest BCUT2D eigenvalue weighted by Gasteiger charge is 2.16. The van der Waals surface area contributed by atoms with Crippen LogP contribution in [0.2, 0.25) is 0 Å². The van der Waals surface area contributed by atoms with Crippen molar-refractivity contribution in [1.82, 2.24) is 4.72 Å². The van der Waals surface area contributed by atoms with Crippen molar-refractivity contribution in [3.8, 4) is 0 Å². The van der Waals surface area contributed by atoms with Crippen LogP contribution in [0.5, 0.6) is 0 Å². The third-order valence-electron chi connectivity index (χ3n) is 3.30. The van der Waals surface area contributed by atoms with E-state index in [1.807, 2.05) is 6.92 Å². The first-order valence-electron chi connectivity index (χ1n) is 7.29. The molecule has 2 N–H and O–H groups in total. The van der Waals surface area contributed by atoms with Crippen LogP contribution in [0, 0.1) is 0 Å². The Balaban J connectivity index is 2.55. The highest BCUT2D eigenvalue weighted by molar-refractivity contribution is 7.89. The Morgan fingerprint density at radius 3 is 2.30 bits per heavy atom. The first-order chi connectivity index (χ1) is 9.49. The van der Waals surface area contributed by atoms with Gasteiger partial charge in [0.25, 0.3) is 0 Å². The molecule has 0 aliphatic heterocycles. The van der Waals surface area contributed by atoms with E-state index in [0.29, 0.717) is 4.90 Å². The predicted molar refractivity (Wildman–Crippen MR) is 84.5 cm³/mol. The Morgan fingerprint density at radius 1 is 1.10 bits per heavy atom. The molecule has 1 aromatic rings. The van der Waals surface area contributed by atoms with Crippen LogP contribution in [0.25, 0.3) is 0 Å². The summed E-state index contributed by atoms with van der Waals surface area (Å²) in [5.41, 5.74) is 0.900. The summed E-state index contributed by atoms with van der Waals surface area (Å²) < 4.78 is 27.1. The molecule has 0 aromatic heterocycles. The van der Waals surface area contributed by atoms with Gasteiger partial charge >= 0.3 is 0 Å². The van der Waals surface area contributed by atoms with Gasteiger partial charge in [-0.15, -0.1) is 0 Å². The summed E-state index contributed by atoms with van der Waals surface area (Å²) >= 11 is 0. The number of hydrogen-bond acceptors (Lipinski definition) is 3. The molecule has 0 aliphatic carbocycles. The summed E-state index contributed by atoms with van der Waals surface area (Å²) in [6, 6.07) is 6.75. The van der Waals surface area contributed by atoms with E-state index in [1.165, 1.54) is 19.3 Å². The van der Waals surface area contributed by atoms with Crippen LogP contribution in [-0.2, 0) is 10.0 Å². The summed E-state index contributed by atoms with van der Waals surface area (Å²) in [6.07, 6.45) is 5.52. The van der Waals surface area contributed by atoms with Crippen molar-refractivity contribution in [2.45, 2.75) is 56.9 Å². The Hall–Kier alpha value is -1.07. The fraction of sp³-hybridized carbons (Fsp3) is 0.600. The maximum atomic E-state index is 12.2. The molecule has 0 heterocycles. The lowest BCUT2D eigenvalue weighted by Crippen LogP contribution is -2.32. The Kier molecular flexibility index (Phi) is 7.02. The van der Waals surface area contributed by atoms with Gasteiger partial charge in [0.1, 0.15) is 0 Å². The second-order valence-electron chi connectivity index (χ2n) is 5.15. The van der Waals surface area contributed by atoms with Crippen LogP contribution in [0.4, 0.5) is 5.69 Å². The molecular weight excluding hydrogens is 272 g/mol. The van der Waals surface area contributed by atoms with Gasteiger partial charge in [0.05, 0.1) is 4.90 Å². The van der Waals surface area contributed by atoms with Crippen molar-refractivity contribution in [2.24, 2.45) is 0 Å². The van der Waals surface area contributed by atoms with Gasteiger partial charge in [0, 0.05) is 18.8 Å². The summed E-state index contributed by atoms with van der Waals surface area (Å²) in [5.74, 6) is 0. The van der Waals surface area contributed by atoms with Gasteiger partial charge in [-0.25, -0.2) is 13.1 Å². The van der Waals surface area contributed by atoms with Crippen LogP contribution in [0.15, 0.2) is 29.2 Å². The molecule has 20 heavy (non-hydrogen) atoms. The Morgan fingerprint density at radius 2 is 1.75 bits per heavy atom. The molecular formula is C15H26N2O2S. The van der Waals surface area contributed by atoms with E-state index in [2.05, 4.69) is 17.0 Å². The summed E-state index contributed by atoms with van der Waals surface area (Å²) in [4.78, 5) is 0.317. The minimum atomic E-state index is -3.40. The van der Waals surface area contributed by atoms with E-state index < -0.39 is 10.0 Å². The largest absolute Gasteiger partial charge is 0.388 e. The van der Waals surface area contributed by atoms with E-state index >= 15 is 0 Å². The van der Waals surface area contributed by atoms with E-state index in [1.54, 1.807) is 31.3 Å². The molecule has 0 aliphatic rings. The minimum absolute atomic E-state index is 0.0270. The average Bonchev–Trinajstić information content (AvgIpc) is 2.43. The van der Waals surface area contributed by atoms with E-state index in [0.717, 1.165) is 18.5 Å². The lowest BCUT2D eigenvalue weighted by Gasteiger charge is -2.14. The molecule has 114 valence electrons. The fourth-order valence-electron chi connectivity index (χ4n) is 2.07. The number of rotatable bonds is 9. The molecule has 0 amide bonds. The summed E-state index contributed by atoms with van der Waals surface area (Å²) in [7, 11) is -1.60. The molecule has 0 bridgehead atoms. The number of hydrogen-bond donors (Lipinski definition) is 2. The lowest BCUT2D eigenvalue weighted by atomic mass is 10.1. The SMILES string of the molecule is CCCCCCC(C)NS(=O)(=O)c1ccc(NC)cc1. The highest BCUT2D eigenvalue weighted by Crippen LogP contribution is 2.15. The zero-order chi connectivity index (χ0) is 15.0. The number of nitrogens with one attached hydrogen (secondary N) is 2. The third kappa shape index (κ3) is 5.51. The van der Waals surface area contributed by atoms with Crippen molar-refractivity contribution in [1.29, 1.82) is 0 Å². The maximum absolute atomic E-state index is 12.2. The van der Waals surface area contributed by atoms with Crippen LogP contribution in [0.3, 0.4) is 0 Å². The molecule has 0 saturated heterocycles. The standard InChI is InChI=1S/C15H26N2O2S/c1-4-5-6-7-8-13(2)17-20(18,19)15-11-9-14(16-3)10-12-15/h9-13,16-17H,4-8H2,1-3H3. The fourth-order valence-corrected chi connectivity index (χ4v) is 3.35. The normalized spacial score (nSPS) is 13.2. The van der Waals surface area contributed by atoms with Gasteiger partial charge in [-0.1, -0.05) is 32.6 Å². The van der Waals surface area contributed by atoms with Crippen molar-refractivity contribution in [3.63, 3.8) is 0 Å². The van der Waals surface area contributed by atoms with Crippen LogP contribution in [0.1, 0.15) is 46.0 Å². The Labute approximate surface area is 123 Å². The third-order valence-corrected chi connectivity index (χ3v) is 4.91. The number of anilines is 1. The van der Waals surface area contributed by atoms with Gasteiger partial charge in [-0.2, -0.15) is 0 Å². The minimum Gasteiger partial charge on any atom is -0.388 e. The quantitative estimate of drug-likeness (QED) is 0.687. The molecule has 1 unspecified atom stereocenters. The highest BCUT2D eigenvalue weighted by atomic mass is 32.2. The summed E-state index contributed by atoms with van der Waals surface area (Å²) in [6.45, 7) is 4.09. The molecule has 0 fully saturated rings. The van der Waals surface area contributed by atoms with E-state index in [-0.39, 0.29) is 6.04 Å². The molecule has 0 spiro atoms. The van der Waals surface area contributed by atoms with Crippen LogP contribution in [-0.4, -0.2) is 21.5 Å². The van der Waals surface area contributed by atoms with Crippen LogP contribution < -0.4 is 10.0 Å². The van der Waals surface area contributed by atoms with Crippen LogP contribution >= 0.6 is 0 Å². The first-order valence-corrected chi connectivity index (χ1v) is 8.78. The van der Waals surface area contributed by atoms with Gasteiger partial charge in [-0.3, -0.25) is 0 Å². The average molecular weight is 298 g/mol. The topological polar surface area (TPSA) is 58.2 Å². The van der Waals surface area contributed by atoms with Crippen molar-refractivity contribution in [2.75, 3.05) is 12.4 Å². The maximum Gasteiger partial charge on any atom is 0.240 e. The second-order valence-corrected chi connectivity index (χ2v) is 6.86. The Bertz CT molecular complexity index is 483. The molecule has 1 atom stereocenters.